The lowest BCUT2D eigenvalue weighted by atomic mass is 10.2. The number of carbonyl (C=O) groups excluding carboxylic acids is 3. The number of aliphatic hydroxyl groups excluding tert-OH is 3. The van der Waals surface area contributed by atoms with Gasteiger partial charge in [0, 0.05) is 36.5 Å². The first kappa shape index (κ1) is 29.6. The summed E-state index contributed by atoms with van der Waals surface area (Å²) in [5.74, 6) is -3.66. The topological polar surface area (TPSA) is 184 Å². The van der Waals surface area contributed by atoms with Crippen LogP contribution in [0.3, 0.4) is 0 Å². The van der Waals surface area contributed by atoms with Crippen LogP contribution in [0.15, 0.2) is 36.5 Å². The number of carbonyl (C=O) groups is 3. The number of hydrogen-bond donors (Lipinski definition) is 3. The van der Waals surface area contributed by atoms with Gasteiger partial charge in [-0.2, -0.15) is 0 Å². The highest BCUT2D eigenvalue weighted by Crippen LogP contribution is 2.50. The first-order chi connectivity index (χ1) is 15.1. The van der Waals surface area contributed by atoms with Crippen molar-refractivity contribution in [1.82, 2.24) is 0 Å². The monoisotopic (exact) mass is 482 g/mol. The predicted molar refractivity (Wildman–Crippen MR) is 106 cm³/mol. The third-order valence-corrected chi connectivity index (χ3v) is 4.16. The van der Waals surface area contributed by atoms with Crippen molar-refractivity contribution in [3.05, 3.63) is 36.5 Å². The van der Waals surface area contributed by atoms with Crippen LogP contribution in [0.2, 0.25) is 0 Å². The molecule has 0 atom stereocenters. The molecule has 0 spiro atoms. The summed E-state index contributed by atoms with van der Waals surface area (Å²) in [7, 11) is -5.18. The Morgan fingerprint density at radius 2 is 0.844 bits per heavy atom. The van der Waals surface area contributed by atoms with E-state index in [0.717, 1.165) is 0 Å². The summed E-state index contributed by atoms with van der Waals surface area (Å²) < 4.78 is 25.3. The molecule has 0 aliphatic carbocycles. The maximum atomic E-state index is 12.5. The SMILES string of the molecule is C=C(CCCO)C(=O)OOP(=O)(OOC(=O)C(=C)CCCO)OOC(=O)C(=C)CCCO. The molecule has 13 nitrogen and oxygen atoms in total. The average molecular weight is 482 g/mol. The lowest BCUT2D eigenvalue weighted by Gasteiger charge is -2.14. The number of phosphoric acid groups is 1. The van der Waals surface area contributed by atoms with Crippen LogP contribution in [-0.2, 0) is 47.6 Å². The summed E-state index contributed by atoms with van der Waals surface area (Å²) in [6.07, 6.45) is 0.595. The Balaban J connectivity index is 5.08. The molecule has 0 amide bonds. The van der Waals surface area contributed by atoms with E-state index in [1.165, 1.54) is 0 Å². The zero-order valence-corrected chi connectivity index (χ0v) is 18.3. The van der Waals surface area contributed by atoms with Gasteiger partial charge in [0.05, 0.1) is 0 Å². The van der Waals surface area contributed by atoms with Gasteiger partial charge in [0.25, 0.3) is 0 Å². The van der Waals surface area contributed by atoms with Crippen LogP contribution in [0.4, 0.5) is 0 Å². The van der Waals surface area contributed by atoms with Crippen molar-refractivity contribution in [3.63, 3.8) is 0 Å². The van der Waals surface area contributed by atoms with Gasteiger partial charge < -0.3 is 15.3 Å². The fraction of sp³-hybridized carbons (Fsp3) is 0.500. The van der Waals surface area contributed by atoms with Gasteiger partial charge in [-0.05, 0) is 38.5 Å². The number of aliphatic hydroxyl groups is 3. The molecule has 0 aliphatic heterocycles. The fourth-order valence-electron chi connectivity index (χ4n) is 1.64. The van der Waals surface area contributed by atoms with E-state index in [9.17, 15) is 18.9 Å². The highest BCUT2D eigenvalue weighted by atomic mass is 31.2. The van der Waals surface area contributed by atoms with Crippen molar-refractivity contribution < 1.29 is 63.0 Å². The molecular weight excluding hydrogens is 455 g/mol. The minimum absolute atomic E-state index is 0.0179. The molecule has 0 aromatic carbocycles. The molecule has 0 radical (unpaired) electrons. The van der Waals surface area contributed by atoms with E-state index in [-0.39, 0.29) is 75.1 Å². The Labute approximate surface area is 184 Å². The zero-order valence-electron chi connectivity index (χ0n) is 17.4. The molecule has 0 rings (SSSR count). The maximum absolute atomic E-state index is 12.5. The van der Waals surface area contributed by atoms with E-state index in [1.54, 1.807) is 0 Å². The molecule has 0 saturated carbocycles. The molecule has 0 saturated heterocycles. The number of rotatable bonds is 18. The quantitative estimate of drug-likeness (QED) is 0.111. The zero-order chi connectivity index (χ0) is 24.6. The van der Waals surface area contributed by atoms with Crippen LogP contribution in [0.25, 0.3) is 0 Å². The Morgan fingerprint density at radius 3 is 1.06 bits per heavy atom. The van der Waals surface area contributed by atoms with Gasteiger partial charge in [-0.1, -0.05) is 33.8 Å². The van der Waals surface area contributed by atoms with Gasteiger partial charge in [-0.3, -0.25) is 14.7 Å². The summed E-state index contributed by atoms with van der Waals surface area (Å²) in [6.45, 7) is 9.42. The lowest BCUT2D eigenvalue weighted by molar-refractivity contribution is -0.293. The van der Waals surface area contributed by atoms with Crippen molar-refractivity contribution >= 4 is 25.7 Å². The van der Waals surface area contributed by atoms with E-state index < -0.39 is 25.7 Å². The molecule has 14 heteroatoms. The molecular formula is C18H27O13P. The van der Waals surface area contributed by atoms with Crippen molar-refractivity contribution in [2.45, 2.75) is 38.5 Å². The highest BCUT2D eigenvalue weighted by Gasteiger charge is 2.38. The van der Waals surface area contributed by atoms with Gasteiger partial charge in [0.1, 0.15) is 0 Å². The van der Waals surface area contributed by atoms with Crippen molar-refractivity contribution in [3.8, 4) is 0 Å². The summed E-state index contributed by atoms with van der Waals surface area (Å²) >= 11 is 0. The first-order valence-electron chi connectivity index (χ1n) is 9.28. The highest BCUT2D eigenvalue weighted by molar-refractivity contribution is 7.48. The molecule has 3 N–H and O–H groups in total. The van der Waals surface area contributed by atoms with E-state index in [4.69, 9.17) is 15.3 Å². The second kappa shape index (κ2) is 16.3. The third kappa shape index (κ3) is 12.5. The molecule has 32 heavy (non-hydrogen) atoms. The van der Waals surface area contributed by atoms with E-state index >= 15 is 0 Å². The molecule has 0 bridgehead atoms. The van der Waals surface area contributed by atoms with Crippen LogP contribution in [-0.4, -0.2) is 53.0 Å². The summed E-state index contributed by atoms with van der Waals surface area (Å²) in [5, 5.41) is 26.2. The van der Waals surface area contributed by atoms with Gasteiger partial charge in [0.15, 0.2) is 0 Å². The summed E-state index contributed by atoms with van der Waals surface area (Å²) in [6, 6.07) is 0. The Bertz CT molecular complexity index is 635. The predicted octanol–water partition coefficient (Wildman–Crippen LogP) is 1.50. The largest absolute Gasteiger partial charge is 0.584 e. The minimum atomic E-state index is -5.18. The molecule has 0 unspecified atom stereocenters. The standard InChI is InChI=1S/C18H27O13P/c1-13(7-4-10-19)16(22)26-29-32(25,30-27-17(23)14(2)8-5-11-20)31-28-18(24)15(3)9-6-12-21/h19-21H,1-12H2. The summed E-state index contributed by atoms with van der Waals surface area (Å²) in [4.78, 5) is 48.1. The van der Waals surface area contributed by atoms with Crippen molar-refractivity contribution in [1.29, 1.82) is 0 Å². The van der Waals surface area contributed by atoms with E-state index in [0.29, 0.717) is 0 Å². The Hall–Kier alpha value is -2.38. The Kier molecular flexibility index (Phi) is 15.1. The average Bonchev–Trinajstić information content (AvgIpc) is 2.79. The molecule has 0 aromatic heterocycles. The van der Waals surface area contributed by atoms with Crippen LogP contribution in [0, 0.1) is 0 Å². The van der Waals surface area contributed by atoms with Crippen LogP contribution < -0.4 is 0 Å². The Morgan fingerprint density at radius 1 is 0.594 bits per heavy atom. The second-order valence-corrected chi connectivity index (χ2v) is 7.42. The van der Waals surface area contributed by atoms with Gasteiger partial charge in [-0.25, -0.2) is 18.9 Å². The maximum Gasteiger partial charge on any atom is 0.584 e. The van der Waals surface area contributed by atoms with Crippen molar-refractivity contribution in [2.75, 3.05) is 19.8 Å². The molecule has 0 aromatic rings. The molecule has 0 aliphatic rings. The van der Waals surface area contributed by atoms with Gasteiger partial charge >= 0.3 is 25.7 Å². The molecule has 0 heterocycles. The normalized spacial score (nSPS) is 10.8. The van der Waals surface area contributed by atoms with Gasteiger partial charge in [-0.15, -0.1) is 0 Å². The second-order valence-electron chi connectivity index (χ2n) is 6.08. The van der Waals surface area contributed by atoms with Crippen LogP contribution in [0.5, 0.6) is 0 Å². The first-order valence-corrected chi connectivity index (χ1v) is 10.7. The molecule has 0 fully saturated rings. The fourth-order valence-corrected chi connectivity index (χ4v) is 2.19. The lowest BCUT2D eigenvalue weighted by Crippen LogP contribution is -2.14. The summed E-state index contributed by atoms with van der Waals surface area (Å²) in [5.41, 5.74) is -0.516. The number of hydrogen-bond acceptors (Lipinski definition) is 13. The third-order valence-electron chi connectivity index (χ3n) is 3.39. The van der Waals surface area contributed by atoms with E-state index in [2.05, 4.69) is 48.4 Å². The van der Waals surface area contributed by atoms with Crippen LogP contribution >= 0.6 is 7.82 Å². The molecule has 182 valence electrons. The van der Waals surface area contributed by atoms with Crippen LogP contribution in [0.1, 0.15) is 38.5 Å². The van der Waals surface area contributed by atoms with E-state index in [1.807, 2.05) is 0 Å². The minimum Gasteiger partial charge on any atom is -0.396 e. The van der Waals surface area contributed by atoms with Gasteiger partial charge in [0.2, 0.25) is 0 Å². The smallest absolute Gasteiger partial charge is 0.396 e. The van der Waals surface area contributed by atoms with Crippen molar-refractivity contribution in [2.24, 2.45) is 0 Å².